The van der Waals surface area contributed by atoms with E-state index in [2.05, 4.69) is 11.9 Å². The molecule has 2 heterocycles. The van der Waals surface area contributed by atoms with E-state index in [4.69, 9.17) is 21.1 Å². The van der Waals surface area contributed by atoms with Crippen molar-refractivity contribution >= 4 is 11.6 Å². The number of halogens is 1. The molecule has 0 aliphatic carbocycles. The van der Waals surface area contributed by atoms with Crippen molar-refractivity contribution in [2.45, 2.75) is 31.8 Å². The monoisotopic (exact) mass is 226 g/mol. The Morgan fingerprint density at radius 3 is 2.73 bits per heavy atom. The first-order chi connectivity index (χ1) is 6.99. The van der Waals surface area contributed by atoms with Crippen LogP contribution in [0.25, 0.3) is 0 Å². The lowest BCUT2D eigenvalue weighted by molar-refractivity contribution is -0.143. The van der Waals surface area contributed by atoms with Gasteiger partial charge in [0.2, 0.25) is 0 Å². The van der Waals surface area contributed by atoms with E-state index in [0.717, 1.165) is 5.56 Å². The van der Waals surface area contributed by atoms with E-state index in [-0.39, 0.29) is 12.2 Å². The zero-order valence-corrected chi connectivity index (χ0v) is 9.49. The number of nitrogens with zero attached hydrogens (tertiary/aromatic N) is 1. The molecule has 1 aliphatic rings. The van der Waals surface area contributed by atoms with Crippen molar-refractivity contribution < 1.29 is 9.47 Å². The van der Waals surface area contributed by atoms with Crippen LogP contribution >= 0.6 is 11.6 Å². The Labute approximate surface area is 94.4 Å². The van der Waals surface area contributed by atoms with E-state index in [9.17, 15) is 0 Å². The second-order valence-electron chi connectivity index (χ2n) is 3.99. The standard InChI is InChI=1S/C11H13ClNO2/c1-7-10(15-11(2,3)14-7)8-4-5-13-6-9(8)12/h4-7,10H,1H2,2-3H3. The lowest BCUT2D eigenvalue weighted by Crippen LogP contribution is -2.20. The second kappa shape index (κ2) is 3.74. The molecule has 3 nitrogen and oxygen atoms in total. The maximum absolute atomic E-state index is 6.04. The molecule has 0 aromatic carbocycles. The molecule has 0 spiro atoms. The van der Waals surface area contributed by atoms with Gasteiger partial charge in [0.05, 0.1) is 11.1 Å². The third-order valence-corrected chi connectivity index (χ3v) is 2.61. The van der Waals surface area contributed by atoms with Gasteiger partial charge in [0, 0.05) is 18.0 Å². The van der Waals surface area contributed by atoms with Gasteiger partial charge in [0.15, 0.2) is 5.79 Å². The van der Waals surface area contributed by atoms with Crippen LogP contribution in [-0.4, -0.2) is 16.9 Å². The number of aromatic nitrogens is 1. The summed E-state index contributed by atoms with van der Waals surface area (Å²) in [5.41, 5.74) is 0.872. The molecular formula is C11H13ClNO2. The zero-order valence-electron chi connectivity index (χ0n) is 8.74. The van der Waals surface area contributed by atoms with Crippen molar-refractivity contribution in [3.05, 3.63) is 36.0 Å². The lowest BCUT2D eigenvalue weighted by Gasteiger charge is -2.17. The molecule has 81 valence electrons. The van der Waals surface area contributed by atoms with E-state index in [1.807, 2.05) is 19.9 Å². The van der Waals surface area contributed by atoms with Crippen molar-refractivity contribution in [1.82, 2.24) is 4.98 Å². The van der Waals surface area contributed by atoms with Crippen LogP contribution in [0.1, 0.15) is 25.5 Å². The van der Waals surface area contributed by atoms with E-state index in [1.165, 1.54) is 0 Å². The topological polar surface area (TPSA) is 31.4 Å². The fraction of sp³-hybridized carbons (Fsp3) is 0.455. The molecule has 2 unspecified atom stereocenters. The van der Waals surface area contributed by atoms with Gasteiger partial charge in [-0.05, 0) is 26.8 Å². The second-order valence-corrected chi connectivity index (χ2v) is 4.40. The zero-order chi connectivity index (χ0) is 11.1. The van der Waals surface area contributed by atoms with Crippen LogP contribution in [0.5, 0.6) is 0 Å². The number of pyridine rings is 1. The highest BCUT2D eigenvalue weighted by Gasteiger charge is 2.40. The van der Waals surface area contributed by atoms with Crippen LogP contribution in [0.2, 0.25) is 5.02 Å². The number of rotatable bonds is 1. The smallest absolute Gasteiger partial charge is 0.164 e. The predicted octanol–water partition coefficient (Wildman–Crippen LogP) is 2.76. The first-order valence-electron chi connectivity index (χ1n) is 4.78. The third-order valence-electron chi connectivity index (χ3n) is 2.29. The molecule has 2 rings (SSSR count). The molecule has 0 bridgehead atoms. The molecule has 1 fully saturated rings. The van der Waals surface area contributed by atoms with Crippen molar-refractivity contribution in [2.75, 3.05) is 0 Å². The van der Waals surface area contributed by atoms with Crippen LogP contribution < -0.4 is 0 Å². The van der Waals surface area contributed by atoms with Crippen molar-refractivity contribution in [1.29, 1.82) is 0 Å². The van der Waals surface area contributed by atoms with E-state index < -0.39 is 5.79 Å². The molecule has 2 atom stereocenters. The maximum atomic E-state index is 6.04. The summed E-state index contributed by atoms with van der Waals surface area (Å²) >= 11 is 6.04. The summed E-state index contributed by atoms with van der Waals surface area (Å²) in [5.74, 6) is -0.607. The highest BCUT2D eigenvalue weighted by molar-refractivity contribution is 6.31. The minimum absolute atomic E-state index is 0.226. The highest BCUT2D eigenvalue weighted by Crippen LogP contribution is 2.39. The average Bonchev–Trinajstić information content (AvgIpc) is 2.40. The maximum Gasteiger partial charge on any atom is 0.164 e. The summed E-state index contributed by atoms with van der Waals surface area (Å²) in [7, 11) is 0. The van der Waals surface area contributed by atoms with Gasteiger partial charge < -0.3 is 9.47 Å². The fourth-order valence-electron chi connectivity index (χ4n) is 1.72. The molecule has 1 aromatic heterocycles. The summed E-state index contributed by atoms with van der Waals surface area (Å²) in [6, 6.07) is 1.83. The molecule has 1 saturated heterocycles. The van der Waals surface area contributed by atoms with Gasteiger partial charge in [-0.15, -0.1) is 0 Å². The molecule has 1 aliphatic heterocycles. The average molecular weight is 227 g/mol. The van der Waals surface area contributed by atoms with Gasteiger partial charge in [-0.2, -0.15) is 0 Å². The summed E-state index contributed by atoms with van der Waals surface area (Å²) < 4.78 is 11.3. The molecule has 1 radical (unpaired) electrons. The van der Waals surface area contributed by atoms with Crippen LogP contribution in [0.3, 0.4) is 0 Å². The van der Waals surface area contributed by atoms with Crippen LogP contribution in [0.4, 0.5) is 0 Å². The molecule has 0 saturated carbocycles. The summed E-state index contributed by atoms with van der Waals surface area (Å²) in [4.78, 5) is 3.93. The quantitative estimate of drug-likeness (QED) is 0.738. The van der Waals surface area contributed by atoms with Crippen LogP contribution in [0, 0.1) is 6.92 Å². The number of ether oxygens (including phenoxy) is 2. The molecule has 1 aromatic rings. The first kappa shape index (κ1) is 10.9. The Hall–Kier alpha value is -0.640. The predicted molar refractivity (Wildman–Crippen MR) is 57.4 cm³/mol. The van der Waals surface area contributed by atoms with Crippen molar-refractivity contribution in [3.63, 3.8) is 0 Å². The third kappa shape index (κ3) is 2.14. The summed E-state index contributed by atoms with van der Waals surface area (Å²) in [5, 5.41) is 0.581. The Morgan fingerprint density at radius 2 is 2.20 bits per heavy atom. The molecular weight excluding hydrogens is 214 g/mol. The first-order valence-corrected chi connectivity index (χ1v) is 5.15. The van der Waals surface area contributed by atoms with Crippen LogP contribution in [0.15, 0.2) is 18.5 Å². The molecule has 15 heavy (non-hydrogen) atoms. The number of hydrogen-bond acceptors (Lipinski definition) is 3. The normalized spacial score (nSPS) is 29.3. The van der Waals surface area contributed by atoms with E-state index >= 15 is 0 Å². The van der Waals surface area contributed by atoms with E-state index in [1.54, 1.807) is 12.4 Å². The Bertz CT molecular complexity index is 367. The SMILES string of the molecule is [CH2]C1OC(C)(C)OC1c1ccncc1Cl. The number of hydrogen-bond donors (Lipinski definition) is 0. The molecule has 0 N–H and O–H groups in total. The van der Waals surface area contributed by atoms with Crippen molar-refractivity contribution in [2.24, 2.45) is 0 Å². The molecule has 4 heteroatoms. The summed E-state index contributed by atoms with van der Waals surface area (Å²) in [6.07, 6.45) is 2.80. The minimum atomic E-state index is -0.607. The molecule has 0 amide bonds. The van der Waals surface area contributed by atoms with Gasteiger partial charge >= 0.3 is 0 Å². The Balaban J connectivity index is 2.29. The minimum Gasteiger partial charge on any atom is -0.344 e. The Morgan fingerprint density at radius 1 is 1.47 bits per heavy atom. The van der Waals surface area contributed by atoms with Gasteiger partial charge in [-0.3, -0.25) is 4.98 Å². The Kier molecular flexibility index (Phi) is 2.71. The lowest BCUT2D eigenvalue weighted by atomic mass is 10.1. The van der Waals surface area contributed by atoms with Crippen molar-refractivity contribution in [3.8, 4) is 0 Å². The largest absolute Gasteiger partial charge is 0.344 e. The van der Waals surface area contributed by atoms with Gasteiger partial charge in [-0.25, -0.2) is 0 Å². The van der Waals surface area contributed by atoms with E-state index in [0.29, 0.717) is 5.02 Å². The highest BCUT2D eigenvalue weighted by atomic mass is 35.5. The summed E-state index contributed by atoms with van der Waals surface area (Å²) in [6.45, 7) is 7.63. The van der Waals surface area contributed by atoms with Gasteiger partial charge in [0.25, 0.3) is 0 Å². The van der Waals surface area contributed by atoms with Gasteiger partial charge in [0.1, 0.15) is 6.10 Å². The fourth-order valence-corrected chi connectivity index (χ4v) is 1.94. The van der Waals surface area contributed by atoms with Crippen LogP contribution in [-0.2, 0) is 9.47 Å². The van der Waals surface area contributed by atoms with Gasteiger partial charge in [-0.1, -0.05) is 11.6 Å².